The lowest BCUT2D eigenvalue weighted by molar-refractivity contribution is -0.137. The Kier molecular flexibility index (Phi) is 4.83. The maximum Gasteiger partial charge on any atom is 0.443 e. The molecule has 0 aliphatic carbocycles. The average molecular weight is 336 g/mol. The van der Waals surface area contributed by atoms with E-state index in [1.54, 1.807) is 6.92 Å². The summed E-state index contributed by atoms with van der Waals surface area (Å²) >= 11 is 0.456. The summed E-state index contributed by atoms with van der Waals surface area (Å²) in [5, 5.41) is 12.0. The highest BCUT2D eigenvalue weighted by Crippen LogP contribution is 2.36. The minimum absolute atomic E-state index is 0.0439. The Morgan fingerprint density at radius 2 is 2.09 bits per heavy atom. The van der Waals surface area contributed by atoms with Crippen LogP contribution in [0.4, 0.5) is 19.0 Å². The van der Waals surface area contributed by atoms with Crippen LogP contribution in [-0.2, 0) is 10.9 Å². The number of alkyl halides is 3. The molecule has 0 radical (unpaired) electrons. The van der Waals surface area contributed by atoms with Crippen molar-refractivity contribution >= 4 is 27.5 Å². The van der Waals surface area contributed by atoms with Gasteiger partial charge in [-0.25, -0.2) is 15.0 Å². The van der Waals surface area contributed by atoms with Crippen LogP contribution in [0.5, 0.6) is 0 Å². The first-order chi connectivity index (χ1) is 10.2. The van der Waals surface area contributed by atoms with Gasteiger partial charge in [-0.15, -0.1) is 0 Å². The fourth-order valence-electron chi connectivity index (χ4n) is 1.69. The number of halogens is 3. The molecule has 10 heteroatoms. The summed E-state index contributed by atoms with van der Waals surface area (Å²) in [5.74, 6) is 0.162. The van der Waals surface area contributed by atoms with Crippen molar-refractivity contribution in [3.8, 4) is 0 Å². The summed E-state index contributed by atoms with van der Waals surface area (Å²) in [6.45, 7) is 2.06. The molecule has 2 rings (SSSR count). The normalized spacial score (nSPS) is 15.0. The molecule has 0 spiro atoms. The molecule has 0 bridgehead atoms. The molecule has 0 aromatic carbocycles. The molecular formula is C12H15F3N4O2S. The van der Waals surface area contributed by atoms with Crippen LogP contribution in [0.15, 0.2) is 6.33 Å². The molecule has 6 nitrogen and oxygen atoms in total. The number of fused-ring (bicyclic) bond motifs is 1. The summed E-state index contributed by atoms with van der Waals surface area (Å²) in [6, 6.07) is 0. The molecule has 2 N–H and O–H groups in total. The van der Waals surface area contributed by atoms with Gasteiger partial charge in [0.05, 0.1) is 5.60 Å². The second-order valence-corrected chi connectivity index (χ2v) is 5.96. The van der Waals surface area contributed by atoms with Gasteiger partial charge in [-0.1, -0.05) is 11.3 Å². The van der Waals surface area contributed by atoms with Crippen LogP contribution in [0, 0.1) is 0 Å². The molecule has 0 saturated carbocycles. The van der Waals surface area contributed by atoms with Gasteiger partial charge in [0.25, 0.3) is 0 Å². The molecular weight excluding hydrogens is 321 g/mol. The largest absolute Gasteiger partial charge is 0.443 e. The lowest BCUT2D eigenvalue weighted by Gasteiger charge is -2.23. The van der Waals surface area contributed by atoms with Crippen molar-refractivity contribution in [2.75, 3.05) is 25.6 Å². The number of hydrogen-bond acceptors (Lipinski definition) is 7. The maximum atomic E-state index is 12.7. The van der Waals surface area contributed by atoms with E-state index in [1.807, 2.05) is 0 Å². The third-order valence-corrected chi connectivity index (χ3v) is 3.93. The summed E-state index contributed by atoms with van der Waals surface area (Å²) in [6.07, 6.45) is -2.99. The van der Waals surface area contributed by atoms with Crippen LogP contribution in [0.3, 0.4) is 0 Å². The van der Waals surface area contributed by atoms with E-state index in [0.29, 0.717) is 24.4 Å². The molecule has 0 aliphatic rings. The summed E-state index contributed by atoms with van der Waals surface area (Å²) in [4.78, 5) is 11.4. The zero-order valence-electron chi connectivity index (χ0n) is 11.9. The minimum Gasteiger partial charge on any atom is -0.388 e. The third-order valence-electron chi connectivity index (χ3n) is 2.92. The number of aromatic nitrogens is 3. The average Bonchev–Trinajstić information content (AvgIpc) is 2.87. The van der Waals surface area contributed by atoms with E-state index in [-0.39, 0.29) is 22.7 Å². The minimum atomic E-state index is -4.52. The number of anilines is 1. The number of aliphatic hydroxyl groups is 1. The second-order valence-electron chi connectivity index (χ2n) is 4.99. The van der Waals surface area contributed by atoms with Crippen LogP contribution in [-0.4, -0.2) is 45.9 Å². The number of nitrogens with zero attached hydrogens (tertiary/aromatic N) is 3. The number of thiazole rings is 1. The van der Waals surface area contributed by atoms with E-state index in [2.05, 4.69) is 20.3 Å². The molecule has 1 atom stereocenters. The molecule has 2 heterocycles. The van der Waals surface area contributed by atoms with Gasteiger partial charge in [0, 0.05) is 26.7 Å². The second kappa shape index (κ2) is 6.31. The Bertz CT molecular complexity index is 645. The van der Waals surface area contributed by atoms with Gasteiger partial charge in [0.2, 0.25) is 5.01 Å². The van der Waals surface area contributed by atoms with E-state index in [1.165, 1.54) is 7.11 Å². The molecule has 22 heavy (non-hydrogen) atoms. The maximum absolute atomic E-state index is 12.7. The van der Waals surface area contributed by atoms with E-state index in [9.17, 15) is 18.3 Å². The molecule has 1 unspecified atom stereocenters. The van der Waals surface area contributed by atoms with Crippen molar-refractivity contribution in [3.63, 3.8) is 0 Å². The number of ether oxygens (including phenoxy) is 1. The highest BCUT2D eigenvalue weighted by atomic mass is 32.1. The van der Waals surface area contributed by atoms with E-state index >= 15 is 0 Å². The van der Waals surface area contributed by atoms with Gasteiger partial charge in [0.1, 0.15) is 16.7 Å². The number of hydrogen-bond donors (Lipinski definition) is 2. The summed E-state index contributed by atoms with van der Waals surface area (Å²) < 4.78 is 43.0. The van der Waals surface area contributed by atoms with E-state index < -0.39 is 16.8 Å². The van der Waals surface area contributed by atoms with Crippen molar-refractivity contribution < 1.29 is 23.0 Å². The fraction of sp³-hybridized carbons (Fsp3) is 0.583. The Morgan fingerprint density at radius 1 is 1.36 bits per heavy atom. The van der Waals surface area contributed by atoms with Crippen LogP contribution < -0.4 is 5.32 Å². The Balaban J connectivity index is 2.19. The van der Waals surface area contributed by atoms with Crippen molar-refractivity contribution in [2.24, 2.45) is 0 Å². The van der Waals surface area contributed by atoms with Crippen molar-refractivity contribution in [1.82, 2.24) is 15.0 Å². The van der Waals surface area contributed by atoms with Crippen molar-refractivity contribution in [1.29, 1.82) is 0 Å². The van der Waals surface area contributed by atoms with Crippen LogP contribution >= 0.6 is 11.3 Å². The van der Waals surface area contributed by atoms with Crippen LogP contribution in [0.25, 0.3) is 10.3 Å². The van der Waals surface area contributed by atoms with Gasteiger partial charge < -0.3 is 15.2 Å². The first kappa shape index (κ1) is 16.8. The van der Waals surface area contributed by atoms with Gasteiger partial charge in [0.15, 0.2) is 5.82 Å². The van der Waals surface area contributed by atoms with Gasteiger partial charge in [-0.2, -0.15) is 13.2 Å². The summed E-state index contributed by atoms with van der Waals surface area (Å²) in [5.41, 5.74) is -1.04. The number of rotatable bonds is 6. The highest BCUT2D eigenvalue weighted by Gasteiger charge is 2.35. The summed E-state index contributed by atoms with van der Waals surface area (Å²) in [7, 11) is 1.52. The van der Waals surface area contributed by atoms with Crippen molar-refractivity contribution in [2.45, 2.75) is 25.1 Å². The van der Waals surface area contributed by atoms with Gasteiger partial charge in [-0.05, 0) is 6.92 Å². The predicted octanol–water partition coefficient (Wildman–Crippen LogP) is 2.30. The number of nitrogens with one attached hydrogen (secondary N) is 1. The highest BCUT2D eigenvalue weighted by molar-refractivity contribution is 7.18. The molecule has 2 aromatic heterocycles. The molecule has 122 valence electrons. The topological polar surface area (TPSA) is 80.2 Å². The van der Waals surface area contributed by atoms with Gasteiger partial charge in [-0.3, -0.25) is 0 Å². The smallest absolute Gasteiger partial charge is 0.388 e. The predicted molar refractivity (Wildman–Crippen MR) is 75.8 cm³/mol. The SMILES string of the molecule is COCCC(C)(O)CNc1ncnc2sc(C(F)(F)F)nc12. The third kappa shape index (κ3) is 4.02. The molecule has 0 aliphatic heterocycles. The van der Waals surface area contributed by atoms with E-state index in [4.69, 9.17) is 4.74 Å². The molecule has 0 saturated heterocycles. The first-order valence-corrected chi connectivity index (χ1v) is 7.18. The lowest BCUT2D eigenvalue weighted by atomic mass is 10.0. The molecule has 2 aromatic rings. The standard InChI is InChI=1S/C12H15F3N4O2S/c1-11(20,3-4-21-2)5-16-8-7-9(18-6-17-8)22-10(19-7)12(13,14)15/h6,20H,3-5H2,1-2H3,(H,16,17,18). The fourth-order valence-corrected chi connectivity index (χ4v) is 2.46. The Hall–Kier alpha value is -1.52. The van der Waals surface area contributed by atoms with Crippen LogP contribution in [0.1, 0.15) is 18.4 Å². The lowest BCUT2D eigenvalue weighted by Crippen LogP contribution is -2.34. The number of methoxy groups -OCH3 is 1. The van der Waals surface area contributed by atoms with Crippen LogP contribution in [0.2, 0.25) is 0 Å². The zero-order valence-corrected chi connectivity index (χ0v) is 12.8. The van der Waals surface area contributed by atoms with Gasteiger partial charge >= 0.3 is 6.18 Å². The monoisotopic (exact) mass is 336 g/mol. The molecule has 0 fully saturated rings. The zero-order chi connectivity index (χ0) is 16.4. The van der Waals surface area contributed by atoms with E-state index in [0.717, 1.165) is 6.33 Å². The molecule has 0 amide bonds. The first-order valence-electron chi connectivity index (χ1n) is 6.37. The Morgan fingerprint density at radius 3 is 2.73 bits per heavy atom. The Labute approximate surface area is 128 Å². The van der Waals surface area contributed by atoms with Crippen molar-refractivity contribution in [3.05, 3.63) is 11.3 Å². The quantitative estimate of drug-likeness (QED) is 0.843.